The molecule has 0 aliphatic heterocycles. The molecule has 0 saturated heterocycles. The fourth-order valence-electron chi connectivity index (χ4n) is 2.75. The van der Waals surface area contributed by atoms with E-state index in [1.54, 1.807) is 0 Å². The van der Waals surface area contributed by atoms with Crippen LogP contribution in [0.25, 0.3) is 11.2 Å². The van der Waals surface area contributed by atoms with Gasteiger partial charge in [0.15, 0.2) is 11.5 Å². The maximum absolute atomic E-state index is 10.2. The number of hydrogen-bond donors (Lipinski definition) is 5. The molecule has 3 rings (SSSR count). The minimum absolute atomic E-state index is 0.190. The molecule has 0 radical (unpaired) electrons. The maximum Gasteiger partial charge on any atom is 0.165 e. The van der Waals surface area contributed by atoms with Gasteiger partial charge in [0.05, 0.1) is 31.2 Å². The Labute approximate surface area is 113 Å². The second-order valence-electron chi connectivity index (χ2n) is 4.89. The van der Waals surface area contributed by atoms with Gasteiger partial charge in [0, 0.05) is 5.92 Å². The van der Waals surface area contributed by atoms with Crippen LogP contribution in [0.1, 0.15) is 6.04 Å². The zero-order valence-electron chi connectivity index (χ0n) is 10.4. The summed E-state index contributed by atoms with van der Waals surface area (Å²) in [5.74, 6) is -0.637. The molecule has 0 spiro atoms. The van der Waals surface area contributed by atoms with Crippen LogP contribution in [0.5, 0.6) is 0 Å². The van der Waals surface area contributed by atoms with E-state index in [2.05, 4.69) is 15.0 Å². The smallest absolute Gasteiger partial charge is 0.165 e. The Morgan fingerprint density at radius 3 is 2.50 bits per heavy atom. The largest absolute Gasteiger partial charge is 0.396 e. The molecule has 1 aliphatic carbocycles. The normalized spacial score (nSPS) is 33.9. The van der Waals surface area contributed by atoms with Crippen LogP contribution in [0.2, 0.25) is 0 Å². The van der Waals surface area contributed by atoms with Gasteiger partial charge in [-0.15, -0.1) is 0 Å². The van der Waals surface area contributed by atoms with Crippen molar-refractivity contribution >= 4 is 17.0 Å². The molecule has 0 aromatic carbocycles. The highest BCUT2D eigenvalue weighted by Gasteiger charge is 2.49. The molecule has 1 aliphatic rings. The first-order chi connectivity index (χ1) is 9.56. The Balaban J connectivity index is 2.09. The predicted molar refractivity (Wildman–Crippen MR) is 67.4 cm³/mol. The highest BCUT2D eigenvalue weighted by molar-refractivity contribution is 5.81. The lowest BCUT2D eigenvalue weighted by Crippen LogP contribution is -2.30. The molecule has 1 fully saturated rings. The quantitative estimate of drug-likeness (QED) is 0.410. The van der Waals surface area contributed by atoms with E-state index in [0.29, 0.717) is 11.2 Å². The number of nitrogens with two attached hydrogens (primary N) is 1. The number of imidazole rings is 1. The van der Waals surface area contributed by atoms with E-state index in [0.717, 1.165) is 0 Å². The molecule has 9 heteroatoms. The highest BCUT2D eigenvalue weighted by atomic mass is 16.3. The Hall–Kier alpha value is -1.81. The summed E-state index contributed by atoms with van der Waals surface area (Å²) >= 11 is 0. The Kier molecular flexibility index (Phi) is 3.05. The minimum atomic E-state index is -1.24. The zero-order valence-corrected chi connectivity index (χ0v) is 10.4. The van der Waals surface area contributed by atoms with Gasteiger partial charge in [-0.1, -0.05) is 0 Å². The summed E-state index contributed by atoms with van der Waals surface area (Å²) in [6, 6.07) is -0.860. The third kappa shape index (κ3) is 1.68. The fourth-order valence-corrected chi connectivity index (χ4v) is 2.75. The van der Waals surface area contributed by atoms with Crippen LogP contribution in [0.15, 0.2) is 12.7 Å². The molecular weight excluding hydrogens is 266 g/mol. The van der Waals surface area contributed by atoms with E-state index in [-0.39, 0.29) is 5.82 Å². The molecule has 108 valence electrons. The van der Waals surface area contributed by atoms with Crippen molar-refractivity contribution in [1.82, 2.24) is 19.5 Å². The summed E-state index contributed by atoms with van der Waals surface area (Å²) in [5.41, 5.74) is 6.39. The second-order valence-corrected chi connectivity index (χ2v) is 4.89. The maximum atomic E-state index is 10.2. The predicted octanol–water partition coefficient (Wildman–Crippen LogP) is -2.35. The van der Waals surface area contributed by atoms with Crippen molar-refractivity contribution in [3.05, 3.63) is 12.7 Å². The summed E-state index contributed by atoms with van der Waals surface area (Å²) < 4.78 is 1.45. The number of nitrogen functional groups attached to an aromatic ring is 1. The third-order valence-corrected chi connectivity index (χ3v) is 3.85. The van der Waals surface area contributed by atoms with Crippen molar-refractivity contribution in [2.24, 2.45) is 5.92 Å². The Morgan fingerprint density at radius 2 is 1.85 bits per heavy atom. The van der Waals surface area contributed by atoms with E-state index >= 15 is 0 Å². The number of rotatable bonds is 2. The molecule has 20 heavy (non-hydrogen) atoms. The van der Waals surface area contributed by atoms with Gasteiger partial charge in [-0.25, -0.2) is 15.0 Å². The zero-order chi connectivity index (χ0) is 14.4. The van der Waals surface area contributed by atoms with Crippen LogP contribution >= 0.6 is 0 Å². The van der Waals surface area contributed by atoms with Crippen LogP contribution in [0, 0.1) is 5.92 Å². The third-order valence-electron chi connectivity index (χ3n) is 3.85. The molecule has 2 aromatic heterocycles. The molecule has 6 N–H and O–H groups in total. The lowest BCUT2D eigenvalue weighted by Gasteiger charge is -2.21. The lowest BCUT2D eigenvalue weighted by molar-refractivity contribution is -0.00782. The molecule has 0 bridgehead atoms. The van der Waals surface area contributed by atoms with Gasteiger partial charge in [-0.3, -0.25) is 0 Å². The molecule has 1 saturated carbocycles. The van der Waals surface area contributed by atoms with Gasteiger partial charge in [-0.05, 0) is 0 Å². The van der Waals surface area contributed by atoms with E-state index in [1.807, 2.05) is 0 Å². The number of aromatic nitrogens is 4. The van der Waals surface area contributed by atoms with Crippen LogP contribution in [-0.4, -0.2) is 64.9 Å². The lowest BCUT2D eigenvalue weighted by atomic mass is 10.0. The number of nitrogens with zero attached hydrogens (tertiary/aromatic N) is 4. The molecule has 0 amide bonds. The summed E-state index contributed by atoms with van der Waals surface area (Å²) in [5, 5.41) is 39.3. The van der Waals surface area contributed by atoms with E-state index in [9.17, 15) is 20.4 Å². The topological polar surface area (TPSA) is 151 Å². The minimum Gasteiger partial charge on any atom is -0.396 e. The SMILES string of the molecule is Nc1ncnc2c1ncn2[C@H]1[C@H](O)[C@H](O)[C@@H](CO)[C@@H]1O. The number of aliphatic hydroxyl groups excluding tert-OH is 4. The highest BCUT2D eigenvalue weighted by Crippen LogP contribution is 2.37. The Morgan fingerprint density at radius 1 is 1.10 bits per heavy atom. The molecule has 2 heterocycles. The molecule has 2 aromatic rings. The summed E-state index contributed by atoms with van der Waals surface area (Å²) in [7, 11) is 0. The number of fused-ring (bicyclic) bond motifs is 1. The van der Waals surface area contributed by atoms with E-state index < -0.39 is 36.9 Å². The molecule has 5 atom stereocenters. The van der Waals surface area contributed by atoms with Crippen molar-refractivity contribution in [2.45, 2.75) is 24.4 Å². The van der Waals surface area contributed by atoms with E-state index in [4.69, 9.17) is 5.73 Å². The molecular formula is C11H15N5O4. The first-order valence-corrected chi connectivity index (χ1v) is 6.14. The van der Waals surface area contributed by atoms with Gasteiger partial charge in [0.25, 0.3) is 0 Å². The van der Waals surface area contributed by atoms with E-state index in [1.165, 1.54) is 17.2 Å². The van der Waals surface area contributed by atoms with Crippen molar-refractivity contribution in [2.75, 3.05) is 12.3 Å². The number of anilines is 1. The average molecular weight is 281 g/mol. The van der Waals surface area contributed by atoms with Gasteiger partial charge < -0.3 is 30.7 Å². The van der Waals surface area contributed by atoms with Gasteiger partial charge >= 0.3 is 0 Å². The Bertz CT molecular complexity index is 632. The van der Waals surface area contributed by atoms with Gasteiger partial charge in [-0.2, -0.15) is 0 Å². The van der Waals surface area contributed by atoms with Crippen molar-refractivity contribution in [3.63, 3.8) is 0 Å². The van der Waals surface area contributed by atoms with Gasteiger partial charge in [0.2, 0.25) is 0 Å². The van der Waals surface area contributed by atoms with Gasteiger partial charge in [0.1, 0.15) is 17.9 Å². The van der Waals surface area contributed by atoms with Crippen molar-refractivity contribution in [3.8, 4) is 0 Å². The second kappa shape index (κ2) is 4.63. The average Bonchev–Trinajstić information content (AvgIpc) is 2.92. The van der Waals surface area contributed by atoms with Crippen molar-refractivity contribution < 1.29 is 20.4 Å². The van der Waals surface area contributed by atoms with Crippen LogP contribution in [0.3, 0.4) is 0 Å². The first kappa shape index (κ1) is 13.2. The van der Waals surface area contributed by atoms with Crippen LogP contribution < -0.4 is 5.73 Å². The summed E-state index contributed by atoms with van der Waals surface area (Å²) in [4.78, 5) is 11.9. The summed E-state index contributed by atoms with van der Waals surface area (Å²) in [6.45, 7) is -0.431. The monoisotopic (exact) mass is 281 g/mol. The number of aliphatic hydroxyl groups is 4. The van der Waals surface area contributed by atoms with Crippen molar-refractivity contribution in [1.29, 1.82) is 0 Å². The first-order valence-electron chi connectivity index (χ1n) is 6.14. The summed E-state index contributed by atoms with van der Waals surface area (Å²) in [6.07, 6.45) is -0.964. The molecule has 9 nitrogen and oxygen atoms in total. The number of hydrogen-bond acceptors (Lipinski definition) is 8. The van der Waals surface area contributed by atoms with Crippen LogP contribution in [0.4, 0.5) is 5.82 Å². The standard InChI is InChI=1S/C11H15N5O4/c12-10-5-11(14-2-13-10)16(3-15-5)6-7(18)4(1-17)8(19)9(6)20/h2-4,6-9,17-20H,1H2,(H2,12,13,14)/t4-,6+,7-,8+,9-/m0/s1. The fraction of sp³-hybridized carbons (Fsp3) is 0.545. The molecule has 0 unspecified atom stereocenters. The van der Waals surface area contributed by atoms with Crippen LogP contribution in [-0.2, 0) is 0 Å².